The van der Waals surface area contributed by atoms with Gasteiger partial charge in [0.25, 0.3) is 0 Å². The maximum Gasteiger partial charge on any atom is 0.415 e. The molecular weight excluding hydrogens is 344 g/mol. The molecule has 0 saturated carbocycles. The van der Waals surface area contributed by atoms with Crippen LogP contribution >= 0.6 is 15.9 Å². The monoisotopic (exact) mass is 354 g/mol. The van der Waals surface area contributed by atoms with Crippen molar-refractivity contribution in [1.82, 2.24) is 14.5 Å². The van der Waals surface area contributed by atoms with Crippen molar-refractivity contribution in [2.75, 3.05) is 6.61 Å². The second-order valence-electron chi connectivity index (χ2n) is 4.95. The van der Waals surface area contributed by atoms with Gasteiger partial charge in [-0.05, 0) is 33.8 Å². The Balaban J connectivity index is 1.67. The summed E-state index contributed by atoms with van der Waals surface area (Å²) in [6, 6.07) is 2.04. The normalized spacial score (nSPS) is 19.9. The van der Waals surface area contributed by atoms with Gasteiger partial charge < -0.3 is 19.6 Å². The highest BCUT2D eigenvalue weighted by Crippen LogP contribution is 2.31. The van der Waals surface area contributed by atoms with E-state index in [0.29, 0.717) is 12.3 Å². The van der Waals surface area contributed by atoms with Gasteiger partial charge in [0.1, 0.15) is 18.6 Å². The van der Waals surface area contributed by atoms with Crippen molar-refractivity contribution in [2.24, 2.45) is 0 Å². The molecule has 0 N–H and O–H groups in total. The molecule has 3 heterocycles. The van der Waals surface area contributed by atoms with Gasteiger partial charge in [0.05, 0.1) is 12.7 Å². The standard InChI is InChI=1S/C12H11BrN4O4/c1-12(7-20-9-2-8(13)3-14-4-9)6-16-5-10(17(18)19)15-11(16)21-12/h2-5H,6-7H2,1H3. The van der Waals surface area contributed by atoms with Gasteiger partial charge in [0, 0.05) is 15.7 Å². The summed E-state index contributed by atoms with van der Waals surface area (Å²) in [6.45, 7) is 2.58. The molecule has 1 atom stereocenters. The number of rotatable bonds is 4. The third-order valence-electron chi connectivity index (χ3n) is 2.98. The van der Waals surface area contributed by atoms with E-state index in [4.69, 9.17) is 9.47 Å². The van der Waals surface area contributed by atoms with E-state index in [9.17, 15) is 10.1 Å². The van der Waals surface area contributed by atoms with E-state index in [1.165, 1.54) is 6.20 Å². The zero-order valence-electron chi connectivity index (χ0n) is 11.0. The van der Waals surface area contributed by atoms with Crippen LogP contribution < -0.4 is 9.47 Å². The van der Waals surface area contributed by atoms with Gasteiger partial charge in [-0.1, -0.05) is 0 Å². The predicted molar refractivity (Wildman–Crippen MR) is 75.3 cm³/mol. The van der Waals surface area contributed by atoms with Gasteiger partial charge in [0.2, 0.25) is 0 Å². The molecule has 9 heteroatoms. The number of nitrogens with zero attached hydrogens (tertiary/aromatic N) is 4. The van der Waals surface area contributed by atoms with Crippen LogP contribution in [0.2, 0.25) is 0 Å². The Bertz CT molecular complexity index is 679. The second kappa shape index (κ2) is 4.99. The first-order valence-corrected chi connectivity index (χ1v) is 6.88. The number of nitro groups is 1. The number of imidazole rings is 1. The number of hydrogen-bond acceptors (Lipinski definition) is 6. The highest BCUT2D eigenvalue weighted by Gasteiger charge is 2.41. The molecule has 0 aliphatic carbocycles. The van der Waals surface area contributed by atoms with Crippen molar-refractivity contribution in [3.8, 4) is 11.8 Å². The summed E-state index contributed by atoms with van der Waals surface area (Å²) in [5.41, 5.74) is -0.625. The molecule has 0 saturated heterocycles. The zero-order valence-corrected chi connectivity index (χ0v) is 12.6. The molecule has 0 fully saturated rings. The van der Waals surface area contributed by atoms with E-state index in [-0.39, 0.29) is 18.4 Å². The summed E-state index contributed by atoms with van der Waals surface area (Å²) in [6.07, 6.45) is 4.63. The first kappa shape index (κ1) is 13.8. The fraction of sp³-hybridized carbons (Fsp3) is 0.333. The lowest BCUT2D eigenvalue weighted by Crippen LogP contribution is -2.38. The number of halogens is 1. The molecule has 2 aromatic rings. The highest BCUT2D eigenvalue weighted by molar-refractivity contribution is 9.10. The number of ether oxygens (including phenoxy) is 2. The Morgan fingerprint density at radius 2 is 2.43 bits per heavy atom. The quantitative estimate of drug-likeness (QED) is 0.617. The lowest BCUT2D eigenvalue weighted by Gasteiger charge is -2.21. The van der Waals surface area contributed by atoms with Crippen molar-refractivity contribution < 1.29 is 14.4 Å². The van der Waals surface area contributed by atoms with Gasteiger partial charge in [0.15, 0.2) is 5.60 Å². The average Bonchev–Trinajstić information content (AvgIpc) is 2.92. The molecular formula is C12H11BrN4O4. The first-order chi connectivity index (χ1) is 9.95. The summed E-state index contributed by atoms with van der Waals surface area (Å²) in [7, 11) is 0. The minimum atomic E-state index is -0.625. The van der Waals surface area contributed by atoms with Gasteiger partial charge in [-0.3, -0.25) is 9.55 Å². The number of fused-ring (bicyclic) bond motifs is 1. The predicted octanol–water partition coefficient (Wildman–Crippen LogP) is 2.18. The van der Waals surface area contributed by atoms with Crippen LogP contribution in [-0.2, 0) is 6.54 Å². The molecule has 8 nitrogen and oxygen atoms in total. The van der Waals surface area contributed by atoms with Gasteiger partial charge in [-0.15, -0.1) is 0 Å². The first-order valence-electron chi connectivity index (χ1n) is 6.09. The molecule has 2 aromatic heterocycles. The largest absolute Gasteiger partial charge is 0.488 e. The lowest BCUT2D eigenvalue weighted by molar-refractivity contribution is -0.389. The van der Waals surface area contributed by atoms with Crippen LogP contribution in [0, 0.1) is 10.1 Å². The smallest absolute Gasteiger partial charge is 0.415 e. The van der Waals surface area contributed by atoms with Crippen LogP contribution in [0.4, 0.5) is 5.82 Å². The van der Waals surface area contributed by atoms with Crippen molar-refractivity contribution in [1.29, 1.82) is 0 Å². The highest BCUT2D eigenvalue weighted by atomic mass is 79.9. The lowest BCUT2D eigenvalue weighted by atomic mass is 10.1. The molecule has 0 spiro atoms. The van der Waals surface area contributed by atoms with E-state index in [0.717, 1.165) is 4.47 Å². The Morgan fingerprint density at radius 3 is 3.10 bits per heavy atom. The minimum absolute atomic E-state index is 0.218. The summed E-state index contributed by atoms with van der Waals surface area (Å²) in [5, 5.41) is 10.6. The van der Waals surface area contributed by atoms with Crippen LogP contribution in [0.15, 0.2) is 29.1 Å². The average molecular weight is 355 g/mol. The van der Waals surface area contributed by atoms with E-state index >= 15 is 0 Å². The minimum Gasteiger partial charge on any atom is -0.488 e. The summed E-state index contributed by atoms with van der Waals surface area (Å²) >= 11 is 3.32. The zero-order chi connectivity index (χ0) is 15.0. The molecule has 1 aliphatic rings. The fourth-order valence-electron chi connectivity index (χ4n) is 2.06. The van der Waals surface area contributed by atoms with E-state index in [1.807, 2.05) is 6.92 Å². The molecule has 110 valence electrons. The molecule has 1 unspecified atom stereocenters. The SMILES string of the molecule is CC1(COc2cncc(Br)c2)Cn2cc([N+](=O)[O-])nc2O1. The third-order valence-corrected chi connectivity index (χ3v) is 3.41. The van der Waals surface area contributed by atoms with E-state index in [2.05, 4.69) is 25.9 Å². The molecule has 0 radical (unpaired) electrons. The Kier molecular flexibility index (Phi) is 3.28. The molecule has 0 bridgehead atoms. The molecule has 0 amide bonds. The van der Waals surface area contributed by atoms with Crippen LogP contribution in [0.3, 0.4) is 0 Å². The topological polar surface area (TPSA) is 92.3 Å². The van der Waals surface area contributed by atoms with E-state index in [1.54, 1.807) is 23.0 Å². The molecule has 21 heavy (non-hydrogen) atoms. The Morgan fingerprint density at radius 1 is 1.62 bits per heavy atom. The van der Waals surface area contributed by atoms with Crippen LogP contribution in [0.1, 0.15) is 6.92 Å². The molecule has 0 aromatic carbocycles. The van der Waals surface area contributed by atoms with Crippen LogP contribution in [-0.4, -0.2) is 31.7 Å². The van der Waals surface area contributed by atoms with Crippen molar-refractivity contribution >= 4 is 21.7 Å². The van der Waals surface area contributed by atoms with Crippen molar-refractivity contribution in [2.45, 2.75) is 19.1 Å². The van der Waals surface area contributed by atoms with E-state index < -0.39 is 10.5 Å². The summed E-state index contributed by atoms with van der Waals surface area (Å²) < 4.78 is 13.8. The number of aromatic nitrogens is 3. The maximum atomic E-state index is 10.6. The second-order valence-corrected chi connectivity index (χ2v) is 5.86. The maximum absolute atomic E-state index is 10.6. The third kappa shape index (κ3) is 2.82. The number of pyridine rings is 1. The summed E-state index contributed by atoms with van der Waals surface area (Å²) in [5.74, 6) is 0.397. The van der Waals surface area contributed by atoms with Crippen LogP contribution in [0.25, 0.3) is 0 Å². The van der Waals surface area contributed by atoms with Crippen molar-refractivity contribution in [3.63, 3.8) is 0 Å². The summed E-state index contributed by atoms with van der Waals surface area (Å²) in [4.78, 5) is 17.9. The Hall–Kier alpha value is -2.16. The van der Waals surface area contributed by atoms with Gasteiger partial charge >= 0.3 is 11.8 Å². The van der Waals surface area contributed by atoms with Crippen molar-refractivity contribution in [3.05, 3.63) is 39.2 Å². The fourth-order valence-corrected chi connectivity index (χ4v) is 2.41. The Labute approximate surface area is 128 Å². The molecule has 1 aliphatic heterocycles. The number of hydrogen-bond donors (Lipinski definition) is 0. The van der Waals surface area contributed by atoms with Gasteiger partial charge in [-0.2, -0.15) is 0 Å². The van der Waals surface area contributed by atoms with Gasteiger partial charge in [-0.25, -0.2) is 0 Å². The van der Waals surface area contributed by atoms with Crippen LogP contribution in [0.5, 0.6) is 11.8 Å². The molecule has 3 rings (SSSR count).